The number of piperidine rings is 1. The first-order valence-electron chi connectivity index (χ1n) is 9.04. The van der Waals surface area contributed by atoms with E-state index in [1.165, 1.54) is 6.33 Å². The molecule has 1 aliphatic heterocycles. The molecule has 1 aromatic carbocycles. The zero-order valence-electron chi connectivity index (χ0n) is 14.2. The van der Waals surface area contributed by atoms with E-state index in [4.69, 9.17) is 0 Å². The number of amides is 1. The van der Waals surface area contributed by atoms with Crippen LogP contribution in [0.15, 0.2) is 49.1 Å². The Labute approximate surface area is 147 Å². The lowest BCUT2D eigenvalue weighted by molar-refractivity contribution is -0.110. The summed E-state index contributed by atoms with van der Waals surface area (Å²) >= 11 is 0. The average molecular weight is 337 g/mol. The number of fused-ring (bicyclic) bond motifs is 1. The van der Waals surface area contributed by atoms with E-state index in [1.54, 1.807) is 12.4 Å². The van der Waals surface area contributed by atoms with Crippen molar-refractivity contribution in [2.24, 2.45) is 5.92 Å². The molecule has 1 aromatic heterocycles. The monoisotopic (exact) mass is 337 g/mol. The molecule has 1 saturated carbocycles. The highest BCUT2D eigenvalue weighted by atomic mass is 16.3. The highest BCUT2D eigenvalue weighted by Gasteiger charge is 2.50. The summed E-state index contributed by atoms with van der Waals surface area (Å²) in [6.07, 6.45) is 9.25. The number of rotatable bonds is 2. The van der Waals surface area contributed by atoms with E-state index in [-0.39, 0.29) is 17.9 Å². The van der Waals surface area contributed by atoms with Crippen LogP contribution in [-0.2, 0) is 5.60 Å². The molecule has 1 N–H and O–H groups in total. The molecule has 4 rings (SSSR count). The Morgan fingerprint density at radius 3 is 2.60 bits per heavy atom. The van der Waals surface area contributed by atoms with Crippen LogP contribution >= 0.6 is 0 Å². The Bertz CT molecular complexity index is 737. The molecule has 3 atom stereocenters. The highest BCUT2D eigenvalue weighted by Crippen LogP contribution is 2.47. The number of carbonyl (C=O) groups excluding carboxylic acids is 1. The lowest BCUT2D eigenvalue weighted by Crippen LogP contribution is -2.59. The maximum absolute atomic E-state index is 13.0. The van der Waals surface area contributed by atoms with Crippen molar-refractivity contribution >= 4 is 5.91 Å². The third kappa shape index (κ3) is 2.82. The van der Waals surface area contributed by atoms with Crippen molar-refractivity contribution in [1.29, 1.82) is 0 Å². The van der Waals surface area contributed by atoms with E-state index in [0.717, 1.165) is 31.2 Å². The molecule has 2 aromatic rings. The van der Waals surface area contributed by atoms with Crippen LogP contribution in [0.5, 0.6) is 0 Å². The maximum atomic E-state index is 13.0. The van der Waals surface area contributed by atoms with Crippen LogP contribution in [0.3, 0.4) is 0 Å². The first-order chi connectivity index (χ1) is 12.2. The second-order valence-electron chi connectivity index (χ2n) is 7.12. The number of benzene rings is 1. The lowest BCUT2D eigenvalue weighted by atomic mass is 9.66. The fraction of sp³-hybridized carbons (Fsp3) is 0.450. The van der Waals surface area contributed by atoms with Gasteiger partial charge in [-0.05, 0) is 24.8 Å². The van der Waals surface area contributed by atoms with Crippen molar-refractivity contribution in [2.75, 3.05) is 6.54 Å². The Morgan fingerprint density at radius 1 is 1.12 bits per heavy atom. The van der Waals surface area contributed by atoms with Gasteiger partial charge >= 0.3 is 0 Å². The fourth-order valence-corrected chi connectivity index (χ4v) is 4.60. The summed E-state index contributed by atoms with van der Waals surface area (Å²) in [5.74, 6) is 0.0543. The lowest BCUT2D eigenvalue weighted by Gasteiger charge is -2.52. The molecule has 2 fully saturated rings. The highest BCUT2D eigenvalue weighted by molar-refractivity contribution is 5.94. The molecular formula is C20H23N3O2. The minimum atomic E-state index is -0.851. The predicted molar refractivity (Wildman–Crippen MR) is 93.8 cm³/mol. The summed E-state index contributed by atoms with van der Waals surface area (Å²) < 4.78 is 0. The second-order valence-corrected chi connectivity index (χ2v) is 7.12. The largest absolute Gasteiger partial charge is 0.385 e. The van der Waals surface area contributed by atoms with Gasteiger partial charge in [0.2, 0.25) is 0 Å². The van der Waals surface area contributed by atoms with Crippen molar-refractivity contribution in [3.8, 4) is 0 Å². The quantitative estimate of drug-likeness (QED) is 0.915. The van der Waals surface area contributed by atoms with E-state index in [9.17, 15) is 9.90 Å². The van der Waals surface area contributed by atoms with Crippen LogP contribution in [0, 0.1) is 5.92 Å². The van der Waals surface area contributed by atoms with Gasteiger partial charge in [0.05, 0.1) is 11.2 Å². The van der Waals surface area contributed by atoms with Gasteiger partial charge in [0.25, 0.3) is 5.91 Å². The molecule has 0 unspecified atom stereocenters. The SMILES string of the molecule is O=C(c1cncnc1)N1CC[C@](O)(c2ccccc2)[C@H]2CCCC[C@H]21. The zero-order valence-corrected chi connectivity index (χ0v) is 14.2. The van der Waals surface area contributed by atoms with E-state index in [2.05, 4.69) is 9.97 Å². The fourth-order valence-electron chi connectivity index (χ4n) is 4.60. The Balaban J connectivity index is 1.66. The van der Waals surface area contributed by atoms with Crippen molar-refractivity contribution in [3.63, 3.8) is 0 Å². The predicted octanol–water partition coefficient (Wildman–Crippen LogP) is 2.77. The maximum Gasteiger partial charge on any atom is 0.257 e. The molecule has 0 bridgehead atoms. The van der Waals surface area contributed by atoms with Gasteiger partial charge in [-0.2, -0.15) is 0 Å². The molecule has 1 amide bonds. The van der Waals surface area contributed by atoms with Crippen molar-refractivity contribution in [1.82, 2.24) is 14.9 Å². The standard InChI is InChI=1S/C20H23N3O2/c24-19(15-12-21-14-22-13-15)23-11-10-20(25,16-6-2-1-3-7-16)17-8-4-5-9-18(17)23/h1-3,6-7,12-14,17-18,25H,4-5,8-11H2/t17-,18+,20-/m0/s1. The number of hydrogen-bond donors (Lipinski definition) is 1. The van der Waals surface area contributed by atoms with Gasteiger partial charge in [-0.3, -0.25) is 4.79 Å². The number of carbonyl (C=O) groups is 1. The molecule has 25 heavy (non-hydrogen) atoms. The van der Waals surface area contributed by atoms with E-state index in [1.807, 2.05) is 35.2 Å². The minimum absolute atomic E-state index is 0.0207. The average Bonchev–Trinajstić information content (AvgIpc) is 2.69. The van der Waals surface area contributed by atoms with E-state index in [0.29, 0.717) is 18.5 Å². The van der Waals surface area contributed by atoms with Gasteiger partial charge in [-0.1, -0.05) is 43.2 Å². The third-order valence-corrected chi connectivity index (χ3v) is 5.82. The Hall–Kier alpha value is -2.27. The van der Waals surface area contributed by atoms with Gasteiger partial charge in [0, 0.05) is 30.9 Å². The molecule has 1 aliphatic carbocycles. The van der Waals surface area contributed by atoms with Crippen LogP contribution in [0.2, 0.25) is 0 Å². The number of likely N-dealkylation sites (tertiary alicyclic amines) is 1. The smallest absolute Gasteiger partial charge is 0.257 e. The number of aromatic nitrogens is 2. The first kappa shape index (κ1) is 16.2. The van der Waals surface area contributed by atoms with Crippen LogP contribution < -0.4 is 0 Å². The summed E-state index contributed by atoms with van der Waals surface area (Å²) in [7, 11) is 0. The Morgan fingerprint density at radius 2 is 1.84 bits per heavy atom. The van der Waals surface area contributed by atoms with Gasteiger partial charge in [0.15, 0.2) is 0 Å². The van der Waals surface area contributed by atoms with Gasteiger partial charge in [-0.25, -0.2) is 9.97 Å². The zero-order chi connectivity index (χ0) is 17.3. The molecule has 130 valence electrons. The van der Waals surface area contributed by atoms with Crippen LogP contribution in [-0.4, -0.2) is 38.5 Å². The molecule has 5 heteroatoms. The van der Waals surface area contributed by atoms with Crippen molar-refractivity contribution < 1.29 is 9.90 Å². The third-order valence-electron chi connectivity index (χ3n) is 5.82. The first-order valence-corrected chi connectivity index (χ1v) is 9.04. The topological polar surface area (TPSA) is 66.3 Å². The Kier molecular flexibility index (Phi) is 4.25. The van der Waals surface area contributed by atoms with Crippen LogP contribution in [0.1, 0.15) is 48.0 Å². The molecular weight excluding hydrogens is 314 g/mol. The van der Waals surface area contributed by atoms with E-state index >= 15 is 0 Å². The van der Waals surface area contributed by atoms with Crippen LogP contribution in [0.25, 0.3) is 0 Å². The molecule has 5 nitrogen and oxygen atoms in total. The molecule has 2 heterocycles. The summed E-state index contributed by atoms with van der Waals surface area (Å²) in [5.41, 5.74) is 0.648. The second kappa shape index (κ2) is 6.56. The van der Waals surface area contributed by atoms with Crippen LogP contribution in [0.4, 0.5) is 0 Å². The number of hydrogen-bond acceptors (Lipinski definition) is 4. The summed E-state index contributed by atoms with van der Waals surface area (Å²) in [6, 6.07) is 10.0. The summed E-state index contributed by atoms with van der Waals surface area (Å²) in [5, 5.41) is 11.5. The molecule has 1 saturated heterocycles. The summed E-state index contributed by atoms with van der Waals surface area (Å²) in [4.78, 5) is 22.9. The molecule has 0 spiro atoms. The molecule has 2 aliphatic rings. The van der Waals surface area contributed by atoms with Crippen molar-refractivity contribution in [3.05, 3.63) is 60.2 Å². The normalized spacial score (nSPS) is 29.1. The number of aliphatic hydroxyl groups is 1. The van der Waals surface area contributed by atoms with Crippen molar-refractivity contribution in [2.45, 2.75) is 43.7 Å². The molecule has 0 radical (unpaired) electrons. The minimum Gasteiger partial charge on any atom is -0.385 e. The van der Waals surface area contributed by atoms with Gasteiger partial charge in [-0.15, -0.1) is 0 Å². The summed E-state index contributed by atoms with van der Waals surface area (Å²) in [6.45, 7) is 0.556. The van der Waals surface area contributed by atoms with Gasteiger partial charge in [0.1, 0.15) is 6.33 Å². The number of nitrogens with zero attached hydrogens (tertiary/aromatic N) is 3. The van der Waals surface area contributed by atoms with E-state index < -0.39 is 5.60 Å². The van der Waals surface area contributed by atoms with Gasteiger partial charge < -0.3 is 10.0 Å².